The quantitative estimate of drug-likeness (QED) is 0.564. The van der Waals surface area contributed by atoms with Crippen molar-refractivity contribution in [2.45, 2.75) is 12.5 Å². The minimum Gasteiger partial charge on any atom is -0.342 e. The molecule has 0 bridgehead atoms. The van der Waals surface area contributed by atoms with Crippen LogP contribution in [0, 0.1) is 0 Å². The molecular weight excluding hydrogens is 403 g/mol. The summed E-state index contributed by atoms with van der Waals surface area (Å²) in [5, 5.41) is 12.4. The van der Waals surface area contributed by atoms with Crippen LogP contribution in [0.1, 0.15) is 23.9 Å². The van der Waals surface area contributed by atoms with Crippen LogP contribution in [0.2, 0.25) is 10.0 Å². The van der Waals surface area contributed by atoms with Crippen LogP contribution < -0.4 is 5.32 Å². The topological polar surface area (TPSA) is 59.3 Å². The molecule has 0 aliphatic heterocycles. The van der Waals surface area contributed by atoms with E-state index >= 15 is 0 Å². The number of nitrogens with zero attached hydrogens (tertiary/aromatic N) is 3. The third-order valence-corrected chi connectivity index (χ3v) is 5.33. The van der Waals surface area contributed by atoms with Crippen molar-refractivity contribution in [2.24, 2.45) is 0 Å². The monoisotopic (exact) mass is 420 g/mol. The van der Waals surface area contributed by atoms with E-state index in [0.717, 1.165) is 29.2 Å². The van der Waals surface area contributed by atoms with Gasteiger partial charge in [-0.05, 0) is 54.3 Å². The standard InChI is InChI=1S/C19H18Cl2N4OS/c1-27-11-9-16(19-24-23-17-4-2-3-10-25(17)19)22-18(26)8-6-13-5-7-14(20)15(21)12-13/h2-8,10,12,16H,9,11H2,1H3,(H,22,26)/b8-6-. The Morgan fingerprint density at radius 2 is 2.11 bits per heavy atom. The third kappa shape index (κ3) is 5.03. The Labute approximate surface area is 171 Å². The average molecular weight is 421 g/mol. The minimum absolute atomic E-state index is 0.208. The number of amides is 1. The Hall–Kier alpha value is -2.02. The molecule has 0 aliphatic rings. The highest BCUT2D eigenvalue weighted by Gasteiger charge is 2.19. The highest BCUT2D eigenvalue weighted by molar-refractivity contribution is 7.98. The number of hydrogen-bond acceptors (Lipinski definition) is 4. The van der Waals surface area contributed by atoms with Crippen LogP contribution in [-0.2, 0) is 4.79 Å². The first-order chi connectivity index (χ1) is 13.1. The molecule has 2 aromatic heterocycles. The molecule has 2 heterocycles. The molecule has 0 aliphatic carbocycles. The van der Waals surface area contributed by atoms with Crippen LogP contribution in [0.15, 0.2) is 48.7 Å². The molecule has 1 unspecified atom stereocenters. The molecule has 1 N–H and O–H groups in total. The third-order valence-electron chi connectivity index (χ3n) is 3.95. The van der Waals surface area contributed by atoms with Crippen molar-refractivity contribution in [1.29, 1.82) is 0 Å². The Bertz CT molecular complexity index is 973. The lowest BCUT2D eigenvalue weighted by molar-refractivity contribution is -0.117. The van der Waals surface area contributed by atoms with E-state index in [1.54, 1.807) is 36.0 Å². The number of hydrogen-bond donors (Lipinski definition) is 1. The maximum Gasteiger partial charge on any atom is 0.244 e. The SMILES string of the molecule is CSCCC(NC(=O)/C=C\c1ccc(Cl)c(Cl)c1)c1nnc2ccccn12. The van der Waals surface area contributed by atoms with Crippen molar-refractivity contribution >= 4 is 52.6 Å². The molecule has 0 saturated carbocycles. The van der Waals surface area contributed by atoms with Crippen LogP contribution in [0.5, 0.6) is 0 Å². The first-order valence-electron chi connectivity index (χ1n) is 8.30. The molecule has 0 fully saturated rings. The lowest BCUT2D eigenvalue weighted by Gasteiger charge is -2.16. The summed E-state index contributed by atoms with van der Waals surface area (Å²) < 4.78 is 1.90. The molecule has 27 heavy (non-hydrogen) atoms. The number of fused-ring (bicyclic) bond motifs is 1. The number of aromatic nitrogens is 3. The largest absolute Gasteiger partial charge is 0.342 e. The lowest BCUT2D eigenvalue weighted by atomic mass is 10.2. The van der Waals surface area contributed by atoms with Gasteiger partial charge < -0.3 is 5.32 Å². The van der Waals surface area contributed by atoms with Crippen LogP contribution in [-0.4, -0.2) is 32.5 Å². The van der Waals surface area contributed by atoms with Crippen molar-refractivity contribution in [3.05, 3.63) is 70.1 Å². The highest BCUT2D eigenvalue weighted by Crippen LogP contribution is 2.23. The fourth-order valence-corrected chi connectivity index (χ4v) is 3.38. The van der Waals surface area contributed by atoms with Gasteiger partial charge in [-0.3, -0.25) is 9.20 Å². The van der Waals surface area contributed by atoms with E-state index in [9.17, 15) is 4.79 Å². The number of pyridine rings is 1. The van der Waals surface area contributed by atoms with Crippen molar-refractivity contribution in [3.63, 3.8) is 0 Å². The van der Waals surface area contributed by atoms with E-state index in [0.29, 0.717) is 10.0 Å². The van der Waals surface area contributed by atoms with E-state index < -0.39 is 0 Å². The summed E-state index contributed by atoms with van der Waals surface area (Å²) in [6.45, 7) is 0. The van der Waals surface area contributed by atoms with Crippen molar-refractivity contribution in [2.75, 3.05) is 12.0 Å². The lowest BCUT2D eigenvalue weighted by Crippen LogP contribution is -2.29. The van der Waals surface area contributed by atoms with Gasteiger partial charge in [-0.1, -0.05) is 35.3 Å². The minimum atomic E-state index is -0.235. The number of halogens is 2. The Balaban J connectivity index is 1.76. The number of rotatable bonds is 7. The predicted molar refractivity (Wildman–Crippen MR) is 112 cm³/mol. The molecule has 1 aromatic carbocycles. The smallest absolute Gasteiger partial charge is 0.244 e. The molecule has 3 rings (SSSR count). The van der Waals surface area contributed by atoms with E-state index in [1.807, 2.05) is 35.1 Å². The number of nitrogens with one attached hydrogen (secondary N) is 1. The van der Waals surface area contributed by atoms with Gasteiger partial charge >= 0.3 is 0 Å². The van der Waals surface area contributed by atoms with Gasteiger partial charge in [-0.2, -0.15) is 11.8 Å². The second-order valence-corrected chi connectivity index (χ2v) is 7.64. The summed E-state index contributed by atoms with van der Waals surface area (Å²) >= 11 is 13.6. The van der Waals surface area contributed by atoms with Crippen LogP contribution in [0.4, 0.5) is 0 Å². The second-order valence-electron chi connectivity index (χ2n) is 5.84. The molecule has 5 nitrogen and oxygen atoms in total. The molecule has 8 heteroatoms. The Morgan fingerprint density at radius 1 is 1.26 bits per heavy atom. The van der Waals surface area contributed by atoms with E-state index in [2.05, 4.69) is 15.5 Å². The summed E-state index contributed by atoms with van der Waals surface area (Å²) in [5.41, 5.74) is 1.55. The van der Waals surface area contributed by atoms with E-state index in [-0.39, 0.29) is 11.9 Å². The second kappa shape index (κ2) is 9.26. The maximum absolute atomic E-state index is 12.5. The molecule has 0 spiro atoms. The zero-order valence-corrected chi connectivity index (χ0v) is 16.9. The molecule has 0 radical (unpaired) electrons. The molecule has 3 aromatic rings. The Morgan fingerprint density at radius 3 is 2.89 bits per heavy atom. The summed E-state index contributed by atoms with van der Waals surface area (Å²) in [6.07, 6.45) is 7.86. The van der Waals surface area contributed by atoms with Crippen LogP contribution >= 0.6 is 35.0 Å². The van der Waals surface area contributed by atoms with E-state index in [4.69, 9.17) is 23.2 Å². The van der Waals surface area contributed by atoms with Gasteiger partial charge in [0.1, 0.15) is 0 Å². The molecule has 1 atom stereocenters. The van der Waals surface area contributed by atoms with Crippen LogP contribution in [0.25, 0.3) is 11.7 Å². The number of benzene rings is 1. The van der Waals surface area contributed by atoms with Crippen LogP contribution in [0.3, 0.4) is 0 Å². The number of carbonyl (C=O) groups is 1. The summed E-state index contributed by atoms with van der Waals surface area (Å²) in [4.78, 5) is 12.5. The normalized spacial score (nSPS) is 12.6. The van der Waals surface area contributed by atoms with Gasteiger partial charge in [-0.25, -0.2) is 0 Å². The molecular formula is C19H18Cl2N4OS. The van der Waals surface area contributed by atoms with Crippen molar-refractivity contribution in [1.82, 2.24) is 19.9 Å². The molecule has 0 saturated heterocycles. The first-order valence-corrected chi connectivity index (χ1v) is 10.5. The summed E-state index contributed by atoms with van der Waals surface area (Å²) in [5.74, 6) is 1.40. The summed E-state index contributed by atoms with van der Waals surface area (Å²) in [7, 11) is 0. The van der Waals surface area contributed by atoms with Gasteiger partial charge in [0.15, 0.2) is 11.5 Å². The number of thioether (sulfide) groups is 1. The predicted octanol–water partition coefficient (Wildman–Crippen LogP) is 4.66. The summed E-state index contributed by atoms with van der Waals surface area (Å²) in [6, 6.07) is 10.7. The fraction of sp³-hybridized carbons (Fsp3) is 0.211. The van der Waals surface area contributed by atoms with Gasteiger partial charge in [0.25, 0.3) is 0 Å². The highest BCUT2D eigenvalue weighted by atomic mass is 35.5. The van der Waals surface area contributed by atoms with Crippen molar-refractivity contribution < 1.29 is 4.79 Å². The van der Waals surface area contributed by atoms with Gasteiger partial charge in [0, 0.05) is 12.3 Å². The zero-order valence-electron chi connectivity index (χ0n) is 14.6. The fourth-order valence-electron chi connectivity index (χ4n) is 2.61. The average Bonchev–Trinajstić information content (AvgIpc) is 3.10. The van der Waals surface area contributed by atoms with Crippen molar-refractivity contribution in [3.8, 4) is 0 Å². The first kappa shape index (κ1) is 19.7. The maximum atomic E-state index is 12.5. The molecule has 140 valence electrons. The zero-order chi connectivity index (χ0) is 19.2. The number of carbonyl (C=O) groups excluding carboxylic acids is 1. The van der Waals surface area contributed by atoms with Gasteiger partial charge in [0.2, 0.25) is 5.91 Å². The molecule has 1 amide bonds. The van der Waals surface area contributed by atoms with Gasteiger partial charge in [0.05, 0.1) is 16.1 Å². The Kier molecular flexibility index (Phi) is 6.77. The van der Waals surface area contributed by atoms with E-state index in [1.165, 1.54) is 6.08 Å². The van der Waals surface area contributed by atoms with Gasteiger partial charge in [-0.15, -0.1) is 10.2 Å².